The Bertz CT molecular complexity index is 1200. The molecule has 0 radical (unpaired) electrons. The van der Waals surface area contributed by atoms with Gasteiger partial charge in [0.2, 0.25) is 0 Å². The molecule has 1 aliphatic heterocycles. The zero-order valence-corrected chi connectivity index (χ0v) is 18.6. The highest BCUT2D eigenvalue weighted by Gasteiger charge is 2.20. The summed E-state index contributed by atoms with van der Waals surface area (Å²) in [6, 6.07) is 16.2. The third kappa shape index (κ3) is 5.04. The van der Waals surface area contributed by atoms with E-state index in [2.05, 4.69) is 47.7 Å². The van der Waals surface area contributed by atoms with Crippen LogP contribution in [0.4, 0.5) is 5.82 Å². The third-order valence-corrected chi connectivity index (χ3v) is 6.14. The summed E-state index contributed by atoms with van der Waals surface area (Å²) in [4.78, 5) is 25.9. The molecule has 1 fully saturated rings. The van der Waals surface area contributed by atoms with Gasteiger partial charge in [-0.2, -0.15) is 0 Å². The van der Waals surface area contributed by atoms with Crippen LogP contribution < -0.4 is 10.2 Å². The van der Waals surface area contributed by atoms with Crippen molar-refractivity contribution in [2.45, 2.75) is 13.0 Å². The molecule has 0 spiro atoms. The van der Waals surface area contributed by atoms with Crippen molar-refractivity contribution < 1.29 is 4.79 Å². The number of carbonyl (C=O) groups is 1. The Morgan fingerprint density at radius 2 is 1.61 bits per heavy atom. The minimum atomic E-state index is -0.0540. The SMILES string of the molecule is O=C(NCCc1cccnc1)c1ccc2ccc(N3CCN(Cc4cccnc4)CC3)n2c1. The van der Waals surface area contributed by atoms with E-state index in [0.717, 1.165) is 56.0 Å². The Morgan fingerprint density at radius 3 is 2.33 bits per heavy atom. The molecule has 33 heavy (non-hydrogen) atoms. The second-order valence-corrected chi connectivity index (χ2v) is 8.40. The number of piperazine rings is 1. The van der Waals surface area contributed by atoms with Gasteiger partial charge in [0, 0.05) is 75.8 Å². The molecule has 0 atom stereocenters. The van der Waals surface area contributed by atoms with Crippen LogP contribution in [0.3, 0.4) is 0 Å². The van der Waals surface area contributed by atoms with Gasteiger partial charge in [0.15, 0.2) is 0 Å². The topological polar surface area (TPSA) is 65.8 Å². The number of rotatable bonds is 7. The maximum atomic E-state index is 12.7. The average molecular weight is 441 g/mol. The molecule has 1 amide bonds. The molecule has 7 nitrogen and oxygen atoms in total. The number of fused-ring (bicyclic) bond motifs is 1. The van der Waals surface area contributed by atoms with Crippen molar-refractivity contribution in [1.82, 2.24) is 24.6 Å². The molecule has 1 aliphatic rings. The lowest BCUT2D eigenvalue weighted by molar-refractivity contribution is 0.0953. The van der Waals surface area contributed by atoms with Crippen LogP contribution in [0.15, 0.2) is 79.5 Å². The first-order chi connectivity index (χ1) is 16.3. The molecular weight excluding hydrogens is 412 g/mol. The van der Waals surface area contributed by atoms with E-state index >= 15 is 0 Å². The first kappa shape index (κ1) is 21.2. The van der Waals surface area contributed by atoms with E-state index in [1.807, 2.05) is 55.1 Å². The van der Waals surface area contributed by atoms with E-state index in [1.54, 1.807) is 6.20 Å². The number of hydrogen-bond acceptors (Lipinski definition) is 5. The number of carbonyl (C=O) groups excluding carboxylic acids is 1. The Morgan fingerprint density at radius 1 is 0.879 bits per heavy atom. The monoisotopic (exact) mass is 440 g/mol. The smallest absolute Gasteiger partial charge is 0.252 e. The summed E-state index contributed by atoms with van der Waals surface area (Å²) in [5, 5.41) is 3.03. The summed E-state index contributed by atoms with van der Waals surface area (Å²) in [5.74, 6) is 1.08. The minimum absolute atomic E-state index is 0.0540. The van der Waals surface area contributed by atoms with Crippen molar-refractivity contribution in [1.29, 1.82) is 0 Å². The predicted molar refractivity (Wildman–Crippen MR) is 129 cm³/mol. The Hall–Kier alpha value is -3.71. The summed E-state index contributed by atoms with van der Waals surface area (Å²) in [6.07, 6.45) is 10.1. The molecule has 0 aliphatic carbocycles. The lowest BCUT2D eigenvalue weighted by atomic mass is 10.2. The molecule has 0 aromatic carbocycles. The normalized spacial score (nSPS) is 14.5. The molecule has 5 heterocycles. The Kier molecular flexibility index (Phi) is 6.30. The number of nitrogens with zero attached hydrogens (tertiary/aromatic N) is 5. The maximum Gasteiger partial charge on any atom is 0.252 e. The van der Waals surface area contributed by atoms with Gasteiger partial charge in [-0.25, -0.2) is 0 Å². The Labute approximate surface area is 193 Å². The van der Waals surface area contributed by atoms with Crippen LogP contribution in [0.5, 0.6) is 0 Å². The van der Waals surface area contributed by atoms with Crippen LogP contribution in [-0.4, -0.2) is 57.9 Å². The highest BCUT2D eigenvalue weighted by Crippen LogP contribution is 2.22. The molecule has 1 saturated heterocycles. The van der Waals surface area contributed by atoms with Gasteiger partial charge >= 0.3 is 0 Å². The van der Waals surface area contributed by atoms with Crippen LogP contribution >= 0.6 is 0 Å². The highest BCUT2D eigenvalue weighted by molar-refractivity contribution is 5.94. The largest absolute Gasteiger partial charge is 0.355 e. The second-order valence-electron chi connectivity index (χ2n) is 8.40. The standard InChI is InChI=1S/C26H28N6O/c33-26(29-12-9-21-3-1-10-27-17-21)23-5-6-24-7-8-25(32(24)20-23)31-15-13-30(14-16-31)19-22-4-2-11-28-18-22/h1-8,10-11,17-18,20H,9,12-16,19H2,(H,29,33). The highest BCUT2D eigenvalue weighted by atomic mass is 16.1. The molecule has 7 heteroatoms. The van der Waals surface area contributed by atoms with Gasteiger partial charge in [-0.15, -0.1) is 0 Å². The number of aromatic nitrogens is 3. The molecule has 1 N–H and O–H groups in total. The number of amides is 1. The van der Waals surface area contributed by atoms with E-state index in [-0.39, 0.29) is 5.91 Å². The molecule has 168 valence electrons. The van der Waals surface area contributed by atoms with E-state index in [0.29, 0.717) is 12.1 Å². The molecular formula is C26H28N6O. The van der Waals surface area contributed by atoms with Crippen molar-refractivity contribution in [2.24, 2.45) is 0 Å². The van der Waals surface area contributed by atoms with Crippen LogP contribution in [0.2, 0.25) is 0 Å². The number of anilines is 1. The van der Waals surface area contributed by atoms with Crippen LogP contribution in [0, 0.1) is 0 Å². The molecule has 4 aromatic rings. The number of pyridine rings is 3. The lowest BCUT2D eigenvalue weighted by Gasteiger charge is -2.35. The van der Waals surface area contributed by atoms with E-state index in [1.165, 1.54) is 5.56 Å². The minimum Gasteiger partial charge on any atom is -0.355 e. The van der Waals surface area contributed by atoms with Gasteiger partial charge in [0.1, 0.15) is 5.82 Å². The summed E-state index contributed by atoms with van der Waals surface area (Å²) in [7, 11) is 0. The van der Waals surface area contributed by atoms with Gasteiger partial charge in [0.25, 0.3) is 5.91 Å². The fourth-order valence-corrected chi connectivity index (χ4v) is 4.33. The summed E-state index contributed by atoms with van der Waals surface area (Å²) in [5.41, 5.74) is 4.12. The lowest BCUT2D eigenvalue weighted by Crippen LogP contribution is -2.46. The van der Waals surface area contributed by atoms with Crippen molar-refractivity contribution in [2.75, 3.05) is 37.6 Å². The fourth-order valence-electron chi connectivity index (χ4n) is 4.33. The molecule has 5 rings (SSSR count). The van der Waals surface area contributed by atoms with Gasteiger partial charge < -0.3 is 14.6 Å². The first-order valence-corrected chi connectivity index (χ1v) is 11.4. The van der Waals surface area contributed by atoms with Crippen molar-refractivity contribution >= 4 is 17.2 Å². The first-order valence-electron chi connectivity index (χ1n) is 11.4. The van der Waals surface area contributed by atoms with Crippen molar-refractivity contribution in [3.63, 3.8) is 0 Å². The van der Waals surface area contributed by atoms with E-state index in [9.17, 15) is 4.79 Å². The van der Waals surface area contributed by atoms with E-state index in [4.69, 9.17) is 0 Å². The maximum absolute atomic E-state index is 12.7. The van der Waals surface area contributed by atoms with Crippen LogP contribution in [0.1, 0.15) is 21.5 Å². The number of hydrogen-bond donors (Lipinski definition) is 1. The summed E-state index contributed by atoms with van der Waals surface area (Å²) < 4.78 is 2.13. The molecule has 4 aromatic heterocycles. The predicted octanol–water partition coefficient (Wildman–Crippen LogP) is 3.02. The van der Waals surface area contributed by atoms with E-state index < -0.39 is 0 Å². The van der Waals surface area contributed by atoms with Gasteiger partial charge in [0.05, 0.1) is 5.56 Å². The van der Waals surface area contributed by atoms with Crippen molar-refractivity contribution in [3.8, 4) is 0 Å². The van der Waals surface area contributed by atoms with Gasteiger partial charge in [-0.1, -0.05) is 12.1 Å². The van der Waals surface area contributed by atoms with Crippen molar-refractivity contribution in [3.05, 3.63) is 96.2 Å². The summed E-state index contributed by atoms with van der Waals surface area (Å²) >= 11 is 0. The third-order valence-electron chi connectivity index (χ3n) is 6.14. The van der Waals surface area contributed by atoms with Gasteiger partial charge in [-0.05, 0) is 53.9 Å². The van der Waals surface area contributed by atoms with Crippen LogP contribution in [-0.2, 0) is 13.0 Å². The molecule has 0 saturated carbocycles. The average Bonchev–Trinajstić information content (AvgIpc) is 3.29. The Balaban J connectivity index is 1.21. The summed E-state index contributed by atoms with van der Waals surface area (Å²) in [6.45, 7) is 5.41. The zero-order valence-electron chi connectivity index (χ0n) is 18.6. The van der Waals surface area contributed by atoms with Crippen LogP contribution in [0.25, 0.3) is 5.52 Å². The number of nitrogens with one attached hydrogen (secondary N) is 1. The quantitative estimate of drug-likeness (QED) is 0.479. The second kappa shape index (κ2) is 9.83. The van der Waals surface area contributed by atoms with Gasteiger partial charge in [-0.3, -0.25) is 19.7 Å². The zero-order chi connectivity index (χ0) is 22.5. The fraction of sp³-hybridized carbons (Fsp3) is 0.269. The molecule has 0 unspecified atom stereocenters. The molecule has 0 bridgehead atoms.